The van der Waals surface area contributed by atoms with E-state index >= 15 is 0 Å². The van der Waals surface area contributed by atoms with Gasteiger partial charge in [-0.1, -0.05) is 30.8 Å². The number of amides is 2. The third-order valence-electron chi connectivity index (χ3n) is 7.00. The smallest absolute Gasteiger partial charge is 0.251 e. The van der Waals surface area contributed by atoms with Crippen molar-refractivity contribution in [3.8, 4) is 22.4 Å². The van der Waals surface area contributed by atoms with Crippen LogP contribution in [-0.4, -0.2) is 44.1 Å². The Labute approximate surface area is 220 Å². The summed E-state index contributed by atoms with van der Waals surface area (Å²) in [4.78, 5) is 33.4. The summed E-state index contributed by atoms with van der Waals surface area (Å²) < 4.78 is 1.97. The van der Waals surface area contributed by atoms with Gasteiger partial charge in [-0.2, -0.15) is 0 Å². The van der Waals surface area contributed by atoms with E-state index in [0.29, 0.717) is 40.8 Å². The molecule has 0 atom stereocenters. The number of aliphatic hydroxyl groups excluding tert-OH is 1. The molecule has 5 N–H and O–H groups in total. The molecule has 0 spiro atoms. The molecule has 194 valence electrons. The molecular weight excluding hydrogens is 480 g/mol. The fourth-order valence-electron chi connectivity index (χ4n) is 4.84. The average Bonchev–Trinajstić information content (AvgIpc) is 3.19. The number of nitrogens with zero attached hydrogens (tertiary/aromatic N) is 3. The Bertz CT molecular complexity index is 1530. The maximum absolute atomic E-state index is 12.7. The highest BCUT2D eigenvalue weighted by Crippen LogP contribution is 2.41. The number of anilines is 2. The van der Waals surface area contributed by atoms with Gasteiger partial charge in [-0.25, -0.2) is 9.97 Å². The van der Waals surface area contributed by atoms with E-state index in [4.69, 9.17) is 5.73 Å². The summed E-state index contributed by atoms with van der Waals surface area (Å²) in [6, 6.07) is 14.9. The second-order valence-electron chi connectivity index (χ2n) is 9.83. The molecule has 0 unspecified atom stereocenters. The van der Waals surface area contributed by atoms with E-state index in [9.17, 15) is 14.7 Å². The minimum Gasteiger partial charge on any atom is -0.393 e. The van der Waals surface area contributed by atoms with E-state index < -0.39 is 0 Å². The molecule has 9 heteroatoms. The fourth-order valence-corrected chi connectivity index (χ4v) is 4.84. The summed E-state index contributed by atoms with van der Waals surface area (Å²) in [5.41, 5.74) is 12.2. The first kappa shape index (κ1) is 25.2. The molecule has 1 fully saturated rings. The molecule has 2 heterocycles. The monoisotopic (exact) mass is 510 g/mol. The van der Waals surface area contributed by atoms with Gasteiger partial charge >= 0.3 is 0 Å². The predicted molar refractivity (Wildman–Crippen MR) is 148 cm³/mol. The Balaban J connectivity index is 1.49. The van der Waals surface area contributed by atoms with Crippen LogP contribution < -0.4 is 16.4 Å². The maximum Gasteiger partial charge on any atom is 0.251 e. The van der Waals surface area contributed by atoms with Crippen molar-refractivity contribution in [1.29, 1.82) is 0 Å². The lowest BCUT2D eigenvalue weighted by atomic mass is 9.82. The van der Waals surface area contributed by atoms with Gasteiger partial charge in [-0.05, 0) is 61.1 Å². The van der Waals surface area contributed by atoms with E-state index in [1.165, 1.54) is 6.33 Å². The van der Waals surface area contributed by atoms with Crippen molar-refractivity contribution in [2.45, 2.75) is 25.9 Å². The number of nitrogens with one attached hydrogen (secondary N) is 2. The lowest BCUT2D eigenvalue weighted by Crippen LogP contribution is -2.38. The molecule has 4 aromatic rings. The standard InChI is InChI=1S/C29H30N6O3/c1-16(2)28(37)34-21-10-8-19(9-11-21)25-23(24-26(30)32-15-33-27(24)35(25)3)18-4-6-20(7-5-18)29(38)31-14-17-12-22(36)13-17/h4-11,15,17,22,36H,1,12-14H2,2-3H3,(H,31,38)(H,34,37)(H2,30,32,33). The van der Waals surface area contributed by atoms with E-state index in [-0.39, 0.29) is 17.9 Å². The van der Waals surface area contributed by atoms with Crippen LogP contribution in [0.5, 0.6) is 0 Å². The van der Waals surface area contributed by atoms with E-state index in [0.717, 1.165) is 40.6 Å². The molecule has 0 radical (unpaired) electrons. The number of aromatic nitrogens is 3. The first-order chi connectivity index (χ1) is 18.2. The van der Waals surface area contributed by atoms with Crippen LogP contribution in [0.25, 0.3) is 33.4 Å². The Morgan fingerprint density at radius 3 is 2.37 bits per heavy atom. The molecule has 9 nitrogen and oxygen atoms in total. The second-order valence-corrected chi connectivity index (χ2v) is 9.83. The van der Waals surface area contributed by atoms with Crippen molar-refractivity contribution in [3.05, 3.63) is 72.6 Å². The van der Waals surface area contributed by atoms with Gasteiger partial charge < -0.3 is 26.0 Å². The molecule has 2 amide bonds. The van der Waals surface area contributed by atoms with Crippen LogP contribution in [0.15, 0.2) is 67.0 Å². The molecule has 1 aliphatic carbocycles. The average molecular weight is 511 g/mol. The summed E-state index contributed by atoms with van der Waals surface area (Å²) in [6.45, 7) is 5.89. The molecular formula is C29H30N6O3. The van der Waals surface area contributed by atoms with Gasteiger partial charge in [0.05, 0.1) is 17.2 Å². The minimum atomic E-state index is -0.242. The first-order valence-corrected chi connectivity index (χ1v) is 12.5. The lowest BCUT2D eigenvalue weighted by molar-refractivity contribution is -0.112. The lowest BCUT2D eigenvalue weighted by Gasteiger charge is -2.31. The van der Waals surface area contributed by atoms with Crippen molar-refractivity contribution in [1.82, 2.24) is 19.9 Å². The quantitative estimate of drug-likeness (QED) is 0.279. The zero-order valence-electron chi connectivity index (χ0n) is 21.4. The van der Waals surface area contributed by atoms with Crippen LogP contribution in [0.4, 0.5) is 11.5 Å². The largest absolute Gasteiger partial charge is 0.393 e. The number of nitrogens with two attached hydrogens (primary N) is 1. The summed E-state index contributed by atoms with van der Waals surface area (Å²) in [6.07, 6.45) is 2.66. The third-order valence-corrected chi connectivity index (χ3v) is 7.00. The van der Waals surface area contributed by atoms with Gasteiger partial charge in [0.2, 0.25) is 0 Å². The Hall–Kier alpha value is -4.50. The van der Waals surface area contributed by atoms with Crippen molar-refractivity contribution >= 4 is 34.4 Å². The molecule has 1 saturated carbocycles. The number of benzene rings is 2. The first-order valence-electron chi connectivity index (χ1n) is 12.5. The van der Waals surface area contributed by atoms with Gasteiger partial charge in [0.25, 0.3) is 11.8 Å². The molecule has 38 heavy (non-hydrogen) atoms. The molecule has 2 aromatic heterocycles. The zero-order chi connectivity index (χ0) is 27.0. The molecule has 2 aromatic carbocycles. The number of aryl methyl sites for hydroxylation is 1. The van der Waals surface area contributed by atoms with Crippen LogP contribution in [0.2, 0.25) is 0 Å². The zero-order valence-corrected chi connectivity index (χ0v) is 21.4. The number of carbonyl (C=O) groups excluding carboxylic acids is 2. The Kier molecular flexibility index (Phi) is 6.69. The fraction of sp³-hybridized carbons (Fsp3) is 0.241. The van der Waals surface area contributed by atoms with Gasteiger partial charge in [0, 0.05) is 36.0 Å². The van der Waals surface area contributed by atoms with Gasteiger partial charge in [-0.15, -0.1) is 0 Å². The minimum absolute atomic E-state index is 0.147. The molecule has 0 aliphatic heterocycles. The third kappa shape index (κ3) is 4.76. The van der Waals surface area contributed by atoms with E-state index in [1.54, 1.807) is 19.1 Å². The van der Waals surface area contributed by atoms with Crippen molar-refractivity contribution in [2.24, 2.45) is 13.0 Å². The Morgan fingerprint density at radius 1 is 1.08 bits per heavy atom. The van der Waals surface area contributed by atoms with Crippen LogP contribution in [0.3, 0.4) is 0 Å². The SMILES string of the molecule is C=C(C)C(=O)Nc1ccc(-c2c(-c3ccc(C(=O)NCC4CC(O)C4)cc3)c3c(N)ncnc3n2C)cc1. The van der Waals surface area contributed by atoms with Crippen molar-refractivity contribution in [2.75, 3.05) is 17.6 Å². The molecule has 1 aliphatic rings. The highest BCUT2D eigenvalue weighted by Gasteiger charge is 2.27. The van der Waals surface area contributed by atoms with Gasteiger partial charge in [0.15, 0.2) is 0 Å². The Morgan fingerprint density at radius 2 is 1.74 bits per heavy atom. The number of nitrogen functional groups attached to an aromatic ring is 1. The maximum atomic E-state index is 12.7. The number of hydrogen-bond donors (Lipinski definition) is 4. The molecule has 0 bridgehead atoms. The van der Waals surface area contributed by atoms with Crippen LogP contribution in [0.1, 0.15) is 30.1 Å². The number of fused-ring (bicyclic) bond motifs is 1. The van der Waals surface area contributed by atoms with Gasteiger partial charge in [0.1, 0.15) is 17.8 Å². The van der Waals surface area contributed by atoms with Gasteiger partial charge in [-0.3, -0.25) is 9.59 Å². The number of rotatable bonds is 7. The summed E-state index contributed by atoms with van der Waals surface area (Å²) in [5.74, 6) is 0.309. The summed E-state index contributed by atoms with van der Waals surface area (Å²) in [5, 5.41) is 16.0. The van der Waals surface area contributed by atoms with Crippen LogP contribution in [-0.2, 0) is 11.8 Å². The van der Waals surface area contributed by atoms with E-state index in [2.05, 4.69) is 27.2 Å². The summed E-state index contributed by atoms with van der Waals surface area (Å²) in [7, 11) is 1.92. The number of hydrogen-bond acceptors (Lipinski definition) is 6. The highest BCUT2D eigenvalue weighted by atomic mass is 16.3. The van der Waals surface area contributed by atoms with Crippen molar-refractivity contribution in [3.63, 3.8) is 0 Å². The number of carbonyl (C=O) groups is 2. The normalized spacial score (nSPS) is 16.6. The highest BCUT2D eigenvalue weighted by molar-refractivity contribution is 6.08. The van der Waals surface area contributed by atoms with E-state index in [1.807, 2.05) is 48.0 Å². The van der Waals surface area contributed by atoms with Crippen LogP contribution in [0, 0.1) is 5.92 Å². The molecule has 0 saturated heterocycles. The number of aliphatic hydroxyl groups is 1. The van der Waals surface area contributed by atoms with Crippen LogP contribution >= 0.6 is 0 Å². The summed E-state index contributed by atoms with van der Waals surface area (Å²) >= 11 is 0. The topological polar surface area (TPSA) is 135 Å². The second kappa shape index (κ2) is 10.1. The van der Waals surface area contributed by atoms with Crippen molar-refractivity contribution < 1.29 is 14.7 Å². The molecule has 5 rings (SSSR count). The predicted octanol–water partition coefficient (Wildman–Crippen LogP) is 3.90.